The molecule has 10 nitrogen and oxygen atoms in total. The van der Waals surface area contributed by atoms with E-state index in [-0.39, 0.29) is 28.8 Å². The number of nitrogens with zero attached hydrogens (tertiary/aromatic N) is 4. The number of hydrogen-bond acceptors (Lipinski definition) is 7. The van der Waals surface area contributed by atoms with Gasteiger partial charge in [0.25, 0.3) is 5.91 Å². The van der Waals surface area contributed by atoms with E-state index in [2.05, 4.69) is 20.4 Å². The number of rotatable bonds is 9. The topological polar surface area (TPSA) is 124 Å². The molecule has 0 unspecified atom stereocenters. The number of nitrogens with one attached hydrogen (secondary N) is 2. The van der Waals surface area contributed by atoms with Gasteiger partial charge in [0, 0.05) is 12.6 Å². The Hall–Kier alpha value is -4.12. The van der Waals surface area contributed by atoms with Gasteiger partial charge in [-0.3, -0.25) is 4.79 Å². The number of hydrogen-bond donors (Lipinski definition) is 2. The molecule has 0 spiro atoms. The second-order valence-electron chi connectivity index (χ2n) is 9.25. The summed E-state index contributed by atoms with van der Waals surface area (Å²) in [5.41, 5.74) is 3.21. The fraction of sp³-hybridized carbons (Fsp3) is 0.207. The van der Waals surface area contributed by atoms with E-state index in [1.165, 1.54) is 18.1 Å². The third kappa shape index (κ3) is 6.06. The highest BCUT2D eigenvalue weighted by molar-refractivity contribution is 6.40. The van der Waals surface area contributed by atoms with Crippen LogP contribution in [0.1, 0.15) is 50.8 Å². The van der Waals surface area contributed by atoms with Gasteiger partial charge in [0.15, 0.2) is 0 Å². The molecule has 0 aliphatic heterocycles. The summed E-state index contributed by atoms with van der Waals surface area (Å²) >= 11 is 19.3. The van der Waals surface area contributed by atoms with Crippen LogP contribution in [0.4, 0.5) is 0 Å². The van der Waals surface area contributed by atoms with Crippen molar-refractivity contribution in [3.05, 3.63) is 98.3 Å². The second-order valence-corrected chi connectivity index (χ2v) is 10.5. The predicted octanol–water partition coefficient (Wildman–Crippen LogP) is 6.16. The van der Waals surface area contributed by atoms with E-state index in [9.17, 15) is 9.59 Å². The van der Waals surface area contributed by atoms with E-state index >= 15 is 0 Å². The first-order chi connectivity index (χ1) is 20.2. The highest BCUT2D eigenvalue weighted by Gasteiger charge is 2.23. The zero-order valence-corrected chi connectivity index (χ0v) is 25.0. The fourth-order valence-corrected chi connectivity index (χ4v) is 5.34. The average Bonchev–Trinajstić information content (AvgIpc) is 3.58. The van der Waals surface area contributed by atoms with Gasteiger partial charge in [-0.2, -0.15) is 5.10 Å². The standard InChI is InChI=1S/C29H25Cl3N6O4/c1-4-42-29(40)17-7-5-16(6-8-17)19(27-35-23-11-20(30)25(41-3)12-24(23)36-27)13-33-28(39)26-21(31)9-18(10-22(26)32)38-14-34-15(2)37-38/h5-12,14,19H,4,13H2,1-3H3,(H,33,39)(H,35,36)/t19-/m0/s1. The van der Waals surface area contributed by atoms with Crippen LogP contribution < -0.4 is 10.1 Å². The number of aryl methyl sites for hydroxylation is 1. The number of aromatic amines is 1. The molecular formula is C29H25Cl3N6O4. The highest BCUT2D eigenvalue weighted by Crippen LogP contribution is 2.32. The summed E-state index contributed by atoms with van der Waals surface area (Å²) in [5, 5.41) is 7.93. The van der Waals surface area contributed by atoms with Crippen LogP contribution in [-0.4, -0.2) is 56.9 Å². The third-order valence-electron chi connectivity index (χ3n) is 6.52. The van der Waals surface area contributed by atoms with E-state index in [0.29, 0.717) is 44.7 Å². The van der Waals surface area contributed by atoms with E-state index < -0.39 is 17.8 Å². The molecule has 5 aromatic rings. The monoisotopic (exact) mass is 626 g/mol. The number of esters is 1. The zero-order valence-electron chi connectivity index (χ0n) is 22.7. The molecule has 2 N–H and O–H groups in total. The number of carbonyl (C=O) groups is 2. The number of fused-ring (bicyclic) bond motifs is 1. The van der Waals surface area contributed by atoms with Crippen molar-refractivity contribution in [2.45, 2.75) is 19.8 Å². The summed E-state index contributed by atoms with van der Waals surface area (Å²) in [4.78, 5) is 37.7. The second kappa shape index (κ2) is 12.4. The molecule has 1 amide bonds. The molecule has 216 valence electrons. The summed E-state index contributed by atoms with van der Waals surface area (Å²) in [7, 11) is 1.53. The fourth-order valence-electron chi connectivity index (χ4n) is 4.45. The van der Waals surface area contributed by atoms with Gasteiger partial charge in [-0.15, -0.1) is 0 Å². The van der Waals surface area contributed by atoms with Crippen molar-refractivity contribution in [1.29, 1.82) is 0 Å². The SMILES string of the molecule is CCOC(=O)c1ccc([C@H](CNC(=O)c2c(Cl)cc(-n3cnc(C)n3)cc2Cl)c2nc3cc(OC)c(Cl)cc3[nH]2)cc1. The molecule has 13 heteroatoms. The van der Waals surface area contributed by atoms with Crippen molar-refractivity contribution in [3.63, 3.8) is 0 Å². The Balaban J connectivity index is 1.46. The molecule has 1 atom stereocenters. The lowest BCUT2D eigenvalue weighted by atomic mass is 9.97. The number of benzene rings is 3. The number of methoxy groups -OCH3 is 1. The molecule has 42 heavy (non-hydrogen) atoms. The summed E-state index contributed by atoms with van der Waals surface area (Å²) in [5.74, 6) is 0.287. The van der Waals surface area contributed by atoms with Crippen LogP contribution in [0.2, 0.25) is 15.1 Å². The Morgan fingerprint density at radius 3 is 2.38 bits per heavy atom. The molecule has 0 fully saturated rings. The molecule has 0 aliphatic carbocycles. The van der Waals surface area contributed by atoms with Crippen molar-refractivity contribution in [2.24, 2.45) is 0 Å². The maximum Gasteiger partial charge on any atom is 0.338 e. The van der Waals surface area contributed by atoms with Crippen LogP contribution in [0.25, 0.3) is 16.7 Å². The van der Waals surface area contributed by atoms with Gasteiger partial charge in [0.2, 0.25) is 0 Å². The average molecular weight is 628 g/mol. The molecule has 3 aromatic carbocycles. The Bertz CT molecular complexity index is 1760. The van der Waals surface area contributed by atoms with E-state index in [4.69, 9.17) is 49.3 Å². The maximum atomic E-state index is 13.4. The van der Waals surface area contributed by atoms with Gasteiger partial charge < -0.3 is 19.8 Å². The summed E-state index contributed by atoms with van der Waals surface area (Å²) in [6.07, 6.45) is 1.53. The van der Waals surface area contributed by atoms with Gasteiger partial charge in [-0.1, -0.05) is 46.9 Å². The quantitative estimate of drug-likeness (QED) is 0.188. The minimum Gasteiger partial charge on any atom is -0.495 e. The van der Waals surface area contributed by atoms with Crippen LogP contribution in [0.3, 0.4) is 0 Å². The van der Waals surface area contributed by atoms with Gasteiger partial charge in [-0.05, 0) is 49.7 Å². The van der Waals surface area contributed by atoms with Crippen molar-refractivity contribution in [2.75, 3.05) is 20.3 Å². The zero-order chi connectivity index (χ0) is 30.0. The molecular weight excluding hydrogens is 603 g/mol. The number of amides is 1. The minimum atomic E-state index is -0.472. The Morgan fingerprint density at radius 2 is 1.76 bits per heavy atom. The van der Waals surface area contributed by atoms with Gasteiger partial charge >= 0.3 is 5.97 Å². The lowest BCUT2D eigenvalue weighted by molar-refractivity contribution is 0.0526. The smallest absolute Gasteiger partial charge is 0.338 e. The number of halogens is 3. The van der Waals surface area contributed by atoms with Crippen molar-refractivity contribution in [3.8, 4) is 11.4 Å². The highest BCUT2D eigenvalue weighted by atomic mass is 35.5. The molecule has 0 saturated heterocycles. The van der Waals surface area contributed by atoms with Crippen LogP contribution in [0, 0.1) is 6.92 Å². The molecule has 0 radical (unpaired) electrons. The van der Waals surface area contributed by atoms with Gasteiger partial charge in [0.05, 0.1) is 62.6 Å². The summed E-state index contributed by atoms with van der Waals surface area (Å²) in [6.45, 7) is 3.90. The summed E-state index contributed by atoms with van der Waals surface area (Å²) < 4.78 is 12.0. The van der Waals surface area contributed by atoms with Crippen molar-refractivity contribution in [1.82, 2.24) is 30.0 Å². The first-order valence-corrected chi connectivity index (χ1v) is 14.0. The normalized spacial score (nSPS) is 11.9. The van der Waals surface area contributed by atoms with Crippen LogP contribution >= 0.6 is 34.8 Å². The van der Waals surface area contributed by atoms with E-state index in [1.54, 1.807) is 62.4 Å². The molecule has 2 heterocycles. The maximum absolute atomic E-state index is 13.4. The Morgan fingerprint density at radius 1 is 1.05 bits per heavy atom. The van der Waals surface area contributed by atoms with Crippen molar-refractivity contribution >= 4 is 57.7 Å². The Kier molecular flexibility index (Phi) is 8.67. The van der Waals surface area contributed by atoms with Crippen molar-refractivity contribution < 1.29 is 19.1 Å². The predicted molar refractivity (Wildman–Crippen MR) is 160 cm³/mol. The third-order valence-corrected chi connectivity index (χ3v) is 7.41. The number of H-pyrrole nitrogens is 1. The number of ether oxygens (including phenoxy) is 2. The first kappa shape index (κ1) is 29.4. The van der Waals surface area contributed by atoms with Gasteiger partial charge in [0.1, 0.15) is 23.7 Å². The largest absolute Gasteiger partial charge is 0.495 e. The minimum absolute atomic E-state index is 0.122. The van der Waals surface area contributed by atoms with E-state index in [1.807, 2.05) is 0 Å². The molecule has 0 aliphatic rings. The van der Waals surface area contributed by atoms with E-state index in [0.717, 1.165) is 5.56 Å². The Labute approximate surface area is 255 Å². The lowest BCUT2D eigenvalue weighted by Gasteiger charge is -2.18. The first-order valence-electron chi connectivity index (χ1n) is 12.8. The molecule has 2 aromatic heterocycles. The lowest BCUT2D eigenvalue weighted by Crippen LogP contribution is -2.30. The number of imidazole rings is 1. The number of aromatic nitrogens is 5. The van der Waals surface area contributed by atoms with Crippen LogP contribution in [0.15, 0.2) is 54.9 Å². The molecule has 5 rings (SSSR count). The molecule has 0 bridgehead atoms. The van der Waals surface area contributed by atoms with Gasteiger partial charge in [-0.25, -0.2) is 19.4 Å². The van der Waals surface area contributed by atoms with Crippen LogP contribution in [0.5, 0.6) is 5.75 Å². The van der Waals surface area contributed by atoms with Crippen LogP contribution in [-0.2, 0) is 4.74 Å². The summed E-state index contributed by atoms with van der Waals surface area (Å²) in [6, 6.07) is 13.6. The molecule has 0 saturated carbocycles. The number of carbonyl (C=O) groups excluding carboxylic acids is 2.